The Kier molecular flexibility index (Phi) is 6.97. The summed E-state index contributed by atoms with van der Waals surface area (Å²) >= 11 is 1.46. The summed E-state index contributed by atoms with van der Waals surface area (Å²) in [5, 5.41) is 6.57. The summed E-state index contributed by atoms with van der Waals surface area (Å²) in [6, 6.07) is 11.1. The lowest BCUT2D eigenvalue weighted by molar-refractivity contribution is -0.120. The molecule has 0 bridgehead atoms. The number of carbonyl (C=O) groups is 1. The summed E-state index contributed by atoms with van der Waals surface area (Å²) in [4.78, 5) is 31.8. The highest BCUT2D eigenvalue weighted by atomic mass is 32.1. The second-order valence-electron chi connectivity index (χ2n) is 6.32. The van der Waals surface area contributed by atoms with Gasteiger partial charge in [0.2, 0.25) is 5.91 Å². The van der Waals surface area contributed by atoms with Crippen LogP contribution < -0.4 is 10.6 Å². The van der Waals surface area contributed by atoms with E-state index in [4.69, 9.17) is 4.52 Å². The van der Waals surface area contributed by atoms with Crippen molar-refractivity contribution in [1.82, 2.24) is 15.3 Å². The van der Waals surface area contributed by atoms with Gasteiger partial charge in [0, 0.05) is 11.9 Å². The van der Waals surface area contributed by atoms with Crippen LogP contribution >= 0.6 is 18.9 Å². The summed E-state index contributed by atoms with van der Waals surface area (Å²) in [5.41, 5.74) is 2.47. The number of rotatable bonds is 9. The number of aromatic nitrogens is 2. The molecule has 29 heavy (non-hydrogen) atoms. The van der Waals surface area contributed by atoms with Gasteiger partial charge in [0.05, 0.1) is 13.0 Å². The van der Waals surface area contributed by atoms with E-state index < -0.39 is 13.4 Å². The van der Waals surface area contributed by atoms with Gasteiger partial charge in [0.25, 0.3) is 0 Å². The number of amides is 1. The van der Waals surface area contributed by atoms with Crippen LogP contribution in [0, 0.1) is 0 Å². The average molecular weight is 434 g/mol. The highest BCUT2D eigenvalue weighted by Gasteiger charge is 2.31. The molecule has 8 nitrogen and oxygen atoms in total. The van der Waals surface area contributed by atoms with Gasteiger partial charge in [-0.15, -0.1) is 0 Å². The molecule has 154 valence electrons. The first kappa shape index (κ1) is 21.4. The second kappa shape index (κ2) is 9.45. The van der Waals surface area contributed by atoms with Gasteiger partial charge in [-0.2, -0.15) is 0 Å². The number of nitrogens with one attached hydrogen (secondary N) is 2. The first-order valence-electron chi connectivity index (χ1n) is 9.25. The van der Waals surface area contributed by atoms with Crippen LogP contribution in [0.5, 0.6) is 0 Å². The van der Waals surface area contributed by atoms with Crippen molar-refractivity contribution in [1.29, 1.82) is 0 Å². The first-order valence-corrected chi connectivity index (χ1v) is 11.7. The number of hydrogen-bond acceptors (Lipinski definition) is 7. The smallest absolute Gasteiger partial charge is 0.342 e. The third-order valence-electron chi connectivity index (χ3n) is 4.16. The van der Waals surface area contributed by atoms with Crippen LogP contribution in [-0.2, 0) is 20.3 Å². The van der Waals surface area contributed by atoms with E-state index in [9.17, 15) is 14.3 Å². The average Bonchev–Trinajstić information content (AvgIpc) is 3.09. The van der Waals surface area contributed by atoms with Crippen molar-refractivity contribution in [3.8, 4) is 0 Å². The van der Waals surface area contributed by atoms with E-state index in [1.807, 2.05) is 36.4 Å². The van der Waals surface area contributed by atoms with Crippen LogP contribution in [0.15, 0.2) is 42.6 Å². The van der Waals surface area contributed by atoms with Crippen molar-refractivity contribution >= 4 is 46.0 Å². The lowest BCUT2D eigenvalue weighted by Crippen LogP contribution is -2.35. The minimum atomic E-state index is -3.87. The maximum atomic E-state index is 12.3. The molecule has 0 aliphatic rings. The SMILES string of the molecule is CCOP(=O)(O)C(CC)NC(=O)Cc1ccc(Nc2nc3cccnc3s2)cc1. The third-order valence-corrected chi connectivity index (χ3v) is 6.96. The molecule has 10 heteroatoms. The molecule has 1 aromatic carbocycles. The zero-order valence-electron chi connectivity index (χ0n) is 16.2. The van der Waals surface area contributed by atoms with E-state index in [1.165, 1.54) is 11.3 Å². The Morgan fingerprint density at radius 2 is 2.03 bits per heavy atom. The number of benzene rings is 1. The molecular weight excluding hydrogens is 411 g/mol. The first-order chi connectivity index (χ1) is 13.9. The summed E-state index contributed by atoms with van der Waals surface area (Å²) < 4.78 is 17.0. The molecule has 3 aromatic rings. The standard InChI is InChI=1S/C19H23N4O4PS/c1-3-17(28(25,26)27-4-2)23-16(24)12-13-7-9-14(10-8-13)21-19-22-15-6-5-11-20-18(15)29-19/h5-11,17H,3-4,12H2,1-2H3,(H,21,22)(H,23,24)(H,25,26). The zero-order valence-corrected chi connectivity index (χ0v) is 17.9. The quantitative estimate of drug-likeness (QED) is 0.435. The minimum Gasteiger partial charge on any atom is -0.342 e. The van der Waals surface area contributed by atoms with Crippen molar-refractivity contribution in [3.63, 3.8) is 0 Å². The number of anilines is 2. The topological polar surface area (TPSA) is 113 Å². The van der Waals surface area contributed by atoms with Crippen LogP contribution in [0.3, 0.4) is 0 Å². The van der Waals surface area contributed by atoms with Crippen LogP contribution in [0.4, 0.5) is 10.8 Å². The summed E-state index contributed by atoms with van der Waals surface area (Å²) in [6.45, 7) is 3.47. The van der Waals surface area contributed by atoms with Gasteiger partial charge in [0.15, 0.2) is 5.13 Å². The van der Waals surface area contributed by atoms with E-state index >= 15 is 0 Å². The fourth-order valence-corrected chi connectivity index (χ4v) is 4.91. The van der Waals surface area contributed by atoms with Crippen molar-refractivity contribution in [3.05, 3.63) is 48.2 Å². The maximum Gasteiger partial charge on any atom is 0.350 e. The molecule has 2 aromatic heterocycles. The molecule has 2 unspecified atom stereocenters. The molecule has 1 amide bonds. The fraction of sp³-hybridized carbons (Fsp3) is 0.316. The minimum absolute atomic E-state index is 0.105. The molecule has 0 saturated heterocycles. The number of pyridine rings is 1. The number of nitrogens with zero attached hydrogens (tertiary/aromatic N) is 2. The molecule has 2 heterocycles. The van der Waals surface area contributed by atoms with Gasteiger partial charge >= 0.3 is 7.60 Å². The van der Waals surface area contributed by atoms with E-state index in [0.717, 1.165) is 26.7 Å². The molecule has 0 saturated carbocycles. The maximum absolute atomic E-state index is 12.3. The molecule has 3 rings (SSSR count). The van der Waals surface area contributed by atoms with Gasteiger partial charge < -0.3 is 20.1 Å². The van der Waals surface area contributed by atoms with E-state index in [0.29, 0.717) is 6.42 Å². The normalized spacial score (nSPS) is 14.3. The lowest BCUT2D eigenvalue weighted by Gasteiger charge is -2.22. The van der Waals surface area contributed by atoms with E-state index in [2.05, 4.69) is 20.6 Å². The Hall–Kier alpha value is -2.32. The van der Waals surface area contributed by atoms with Crippen molar-refractivity contribution in [2.75, 3.05) is 11.9 Å². The number of hydrogen-bond donors (Lipinski definition) is 3. The van der Waals surface area contributed by atoms with Crippen LogP contribution in [-0.4, -0.2) is 33.2 Å². The van der Waals surface area contributed by atoms with Crippen LogP contribution in [0.1, 0.15) is 25.8 Å². The van der Waals surface area contributed by atoms with Crippen molar-refractivity contribution in [2.45, 2.75) is 32.5 Å². The Balaban J connectivity index is 1.59. The fourth-order valence-electron chi connectivity index (χ4n) is 2.76. The Morgan fingerprint density at radius 3 is 2.69 bits per heavy atom. The third kappa shape index (κ3) is 5.61. The summed E-state index contributed by atoms with van der Waals surface area (Å²) in [6.07, 6.45) is 2.14. The Morgan fingerprint density at radius 1 is 1.28 bits per heavy atom. The summed E-state index contributed by atoms with van der Waals surface area (Å²) in [5.74, 6) is -1.24. The van der Waals surface area contributed by atoms with Crippen molar-refractivity contribution in [2.24, 2.45) is 0 Å². The van der Waals surface area contributed by atoms with Crippen LogP contribution in [0.25, 0.3) is 10.3 Å². The molecule has 0 fully saturated rings. The highest BCUT2D eigenvalue weighted by Crippen LogP contribution is 2.47. The number of carbonyl (C=O) groups excluding carboxylic acids is 1. The summed E-state index contributed by atoms with van der Waals surface area (Å²) in [7, 11) is -3.87. The molecule has 0 aliphatic carbocycles. The predicted octanol–water partition coefficient (Wildman–Crippen LogP) is 4.05. The van der Waals surface area contributed by atoms with Crippen molar-refractivity contribution < 1.29 is 18.8 Å². The molecular formula is C19H23N4O4PS. The molecule has 0 aliphatic heterocycles. The largest absolute Gasteiger partial charge is 0.350 e. The predicted molar refractivity (Wildman–Crippen MR) is 115 cm³/mol. The molecule has 2 atom stereocenters. The van der Waals surface area contributed by atoms with Gasteiger partial charge in [0.1, 0.15) is 16.1 Å². The van der Waals surface area contributed by atoms with Gasteiger partial charge in [-0.05, 0) is 43.2 Å². The lowest BCUT2D eigenvalue weighted by atomic mass is 10.1. The number of thiazole rings is 1. The van der Waals surface area contributed by atoms with Gasteiger partial charge in [-0.25, -0.2) is 9.97 Å². The van der Waals surface area contributed by atoms with Crippen LogP contribution in [0.2, 0.25) is 0 Å². The Bertz CT molecular complexity index is 991. The Labute approximate surface area is 172 Å². The van der Waals surface area contributed by atoms with E-state index in [1.54, 1.807) is 20.0 Å². The zero-order chi connectivity index (χ0) is 20.9. The van der Waals surface area contributed by atoms with Gasteiger partial charge in [-0.3, -0.25) is 9.36 Å². The number of fused-ring (bicyclic) bond motifs is 1. The van der Waals surface area contributed by atoms with E-state index in [-0.39, 0.29) is 18.9 Å². The van der Waals surface area contributed by atoms with Gasteiger partial charge in [-0.1, -0.05) is 30.4 Å². The molecule has 0 radical (unpaired) electrons. The molecule has 0 spiro atoms. The highest BCUT2D eigenvalue weighted by molar-refractivity contribution is 7.53. The monoisotopic (exact) mass is 434 g/mol. The molecule has 3 N–H and O–H groups in total. The second-order valence-corrected chi connectivity index (χ2v) is 9.31.